The molecule has 4 aromatic rings. The number of ether oxygens (including phenoxy) is 2. The van der Waals surface area contributed by atoms with Crippen molar-refractivity contribution < 1.29 is 14.3 Å². The summed E-state index contributed by atoms with van der Waals surface area (Å²) in [6.45, 7) is 9.04. The standard InChI is InChI=1S/C31H35N5O3/c1-30(2,3)39-29(37)36-18-31(19-36)12-22(13-31)38-23-16-35(17-23)28-8-6-21(14-33-28)20-5-7-24-25-15-32-10-9-26(25)34(4)27(24)11-20/h5-11,14-15,22-23H,12-13,16-19H2,1-4H3. The van der Waals surface area contributed by atoms with Gasteiger partial charge in [-0.1, -0.05) is 12.1 Å². The van der Waals surface area contributed by atoms with Crippen LogP contribution in [0.15, 0.2) is 55.0 Å². The lowest BCUT2D eigenvalue weighted by Crippen LogP contribution is -2.67. The lowest BCUT2D eigenvalue weighted by atomic mass is 9.62. The van der Waals surface area contributed by atoms with Gasteiger partial charge in [0.1, 0.15) is 11.4 Å². The highest BCUT2D eigenvalue weighted by atomic mass is 16.6. The molecular formula is C31H35N5O3. The van der Waals surface area contributed by atoms with Crippen LogP contribution in [-0.4, -0.2) is 69.5 Å². The third-order valence-electron chi connectivity index (χ3n) is 8.47. The number of amides is 1. The number of aryl methyl sites for hydroxylation is 1. The van der Waals surface area contributed by atoms with E-state index in [1.165, 1.54) is 21.8 Å². The molecule has 3 aliphatic rings. The number of fused-ring (bicyclic) bond motifs is 3. The van der Waals surface area contributed by atoms with Gasteiger partial charge < -0.3 is 23.8 Å². The number of carbonyl (C=O) groups is 1. The van der Waals surface area contributed by atoms with Gasteiger partial charge in [-0.2, -0.15) is 0 Å². The monoisotopic (exact) mass is 525 g/mol. The molecule has 0 N–H and O–H groups in total. The number of pyridine rings is 2. The molecule has 8 heteroatoms. The van der Waals surface area contributed by atoms with E-state index in [0.29, 0.717) is 6.10 Å². The van der Waals surface area contributed by atoms with Gasteiger partial charge >= 0.3 is 6.09 Å². The zero-order chi connectivity index (χ0) is 26.9. The van der Waals surface area contributed by atoms with Gasteiger partial charge in [-0.15, -0.1) is 0 Å². The Morgan fingerprint density at radius 2 is 1.72 bits per heavy atom. The van der Waals surface area contributed by atoms with Crippen LogP contribution in [-0.2, 0) is 16.5 Å². The summed E-state index contributed by atoms with van der Waals surface area (Å²) in [6.07, 6.45) is 8.17. The van der Waals surface area contributed by atoms with Gasteiger partial charge in [0.15, 0.2) is 0 Å². The lowest BCUT2D eigenvalue weighted by molar-refractivity contribution is -0.167. The molecule has 0 radical (unpaired) electrons. The average Bonchev–Trinajstić information content (AvgIpc) is 3.11. The average molecular weight is 526 g/mol. The number of carbonyl (C=O) groups excluding carboxylic acids is 1. The topological polar surface area (TPSA) is 72.7 Å². The van der Waals surface area contributed by atoms with Crippen molar-refractivity contribution in [3.8, 4) is 11.1 Å². The van der Waals surface area contributed by atoms with Crippen molar-refractivity contribution >= 4 is 33.7 Å². The van der Waals surface area contributed by atoms with E-state index >= 15 is 0 Å². The molecule has 1 amide bonds. The van der Waals surface area contributed by atoms with Crippen LogP contribution >= 0.6 is 0 Å². The van der Waals surface area contributed by atoms with Crippen molar-refractivity contribution in [3.63, 3.8) is 0 Å². The van der Waals surface area contributed by atoms with Crippen LogP contribution in [0.2, 0.25) is 0 Å². The summed E-state index contributed by atoms with van der Waals surface area (Å²) in [5, 5.41) is 2.40. The summed E-state index contributed by atoms with van der Waals surface area (Å²) in [5.41, 5.74) is 4.45. The predicted molar refractivity (Wildman–Crippen MR) is 152 cm³/mol. The molecule has 3 aromatic heterocycles. The van der Waals surface area contributed by atoms with E-state index in [4.69, 9.17) is 14.5 Å². The Hall–Kier alpha value is -3.65. The van der Waals surface area contributed by atoms with E-state index in [0.717, 1.165) is 56.0 Å². The molecule has 1 aromatic carbocycles. The maximum absolute atomic E-state index is 12.2. The molecule has 1 aliphatic carbocycles. The van der Waals surface area contributed by atoms with Crippen LogP contribution < -0.4 is 4.90 Å². The first-order valence-corrected chi connectivity index (χ1v) is 13.8. The molecule has 202 valence electrons. The van der Waals surface area contributed by atoms with Crippen molar-refractivity contribution in [2.45, 2.75) is 51.4 Å². The Morgan fingerprint density at radius 1 is 0.949 bits per heavy atom. The van der Waals surface area contributed by atoms with Gasteiger partial charge in [-0.3, -0.25) is 4.98 Å². The number of rotatable bonds is 4. The van der Waals surface area contributed by atoms with Crippen molar-refractivity contribution in [2.24, 2.45) is 12.5 Å². The molecule has 3 fully saturated rings. The molecule has 0 atom stereocenters. The molecule has 8 nitrogen and oxygen atoms in total. The second-order valence-corrected chi connectivity index (χ2v) is 12.6. The normalized spacial score (nSPS) is 19.3. The Labute approximate surface area is 228 Å². The molecule has 5 heterocycles. The Bertz CT molecular complexity index is 1550. The van der Waals surface area contributed by atoms with E-state index in [1.807, 2.05) is 44.3 Å². The van der Waals surface area contributed by atoms with Crippen molar-refractivity contribution in [3.05, 3.63) is 55.0 Å². The van der Waals surface area contributed by atoms with Crippen LogP contribution in [0.5, 0.6) is 0 Å². The van der Waals surface area contributed by atoms with E-state index in [1.54, 1.807) is 0 Å². The first-order valence-electron chi connectivity index (χ1n) is 13.8. The van der Waals surface area contributed by atoms with Gasteiger partial charge in [0.25, 0.3) is 0 Å². The second kappa shape index (κ2) is 8.68. The smallest absolute Gasteiger partial charge is 0.410 e. The summed E-state index contributed by atoms with van der Waals surface area (Å²) in [6, 6.07) is 12.9. The van der Waals surface area contributed by atoms with Crippen molar-refractivity contribution in [2.75, 3.05) is 31.1 Å². The maximum atomic E-state index is 12.2. The highest BCUT2D eigenvalue weighted by Gasteiger charge is 2.55. The highest BCUT2D eigenvalue weighted by Crippen LogP contribution is 2.50. The molecular weight excluding hydrogens is 490 g/mol. The summed E-state index contributed by atoms with van der Waals surface area (Å²) < 4.78 is 14.0. The number of likely N-dealkylation sites (tertiary alicyclic amines) is 1. The summed E-state index contributed by atoms with van der Waals surface area (Å²) in [4.78, 5) is 25.4. The van der Waals surface area contributed by atoms with Gasteiger partial charge in [0, 0.05) is 79.1 Å². The molecule has 39 heavy (non-hydrogen) atoms. The predicted octanol–water partition coefficient (Wildman–Crippen LogP) is 5.39. The zero-order valence-electron chi connectivity index (χ0n) is 23.1. The van der Waals surface area contributed by atoms with Crippen LogP contribution in [0, 0.1) is 5.41 Å². The van der Waals surface area contributed by atoms with E-state index < -0.39 is 5.60 Å². The quantitative estimate of drug-likeness (QED) is 0.356. The second-order valence-electron chi connectivity index (χ2n) is 12.6. The minimum absolute atomic E-state index is 0.197. The third-order valence-corrected chi connectivity index (χ3v) is 8.47. The molecule has 1 spiro atoms. The number of aromatic nitrogens is 3. The molecule has 0 unspecified atom stereocenters. The summed E-state index contributed by atoms with van der Waals surface area (Å²) in [5.74, 6) is 0.993. The summed E-state index contributed by atoms with van der Waals surface area (Å²) in [7, 11) is 2.10. The van der Waals surface area contributed by atoms with E-state index in [9.17, 15) is 4.79 Å². The molecule has 2 saturated heterocycles. The summed E-state index contributed by atoms with van der Waals surface area (Å²) >= 11 is 0. The van der Waals surface area contributed by atoms with Crippen LogP contribution in [0.1, 0.15) is 33.6 Å². The Balaban J connectivity index is 0.913. The number of benzene rings is 1. The first kappa shape index (κ1) is 24.4. The Kier molecular flexibility index (Phi) is 5.43. The SMILES string of the molecule is Cn1c2ccncc2c2ccc(-c3ccc(N4CC(OC5CC6(C5)CN(C(=O)OC(C)(C)C)C6)C4)nc3)cc21. The fourth-order valence-electron chi connectivity index (χ4n) is 6.44. The molecule has 1 saturated carbocycles. The molecule has 0 bridgehead atoms. The molecule has 7 rings (SSSR count). The number of hydrogen-bond donors (Lipinski definition) is 0. The Morgan fingerprint density at radius 3 is 2.44 bits per heavy atom. The minimum Gasteiger partial charge on any atom is -0.444 e. The highest BCUT2D eigenvalue weighted by molar-refractivity contribution is 6.08. The molecule has 2 aliphatic heterocycles. The number of nitrogens with zero attached hydrogens (tertiary/aromatic N) is 5. The van der Waals surface area contributed by atoms with Crippen LogP contribution in [0.3, 0.4) is 0 Å². The van der Waals surface area contributed by atoms with Crippen LogP contribution in [0.25, 0.3) is 32.9 Å². The fourth-order valence-corrected chi connectivity index (χ4v) is 6.44. The van der Waals surface area contributed by atoms with E-state index in [-0.39, 0.29) is 17.6 Å². The zero-order valence-corrected chi connectivity index (χ0v) is 23.1. The minimum atomic E-state index is -0.444. The largest absolute Gasteiger partial charge is 0.444 e. The number of hydrogen-bond acceptors (Lipinski definition) is 6. The van der Waals surface area contributed by atoms with E-state index in [2.05, 4.69) is 57.9 Å². The maximum Gasteiger partial charge on any atom is 0.410 e. The van der Waals surface area contributed by atoms with Crippen molar-refractivity contribution in [1.29, 1.82) is 0 Å². The van der Waals surface area contributed by atoms with Crippen LogP contribution in [0.4, 0.5) is 10.6 Å². The van der Waals surface area contributed by atoms with Crippen molar-refractivity contribution in [1.82, 2.24) is 19.4 Å². The van der Waals surface area contributed by atoms with Gasteiger partial charge in [0.05, 0.1) is 17.7 Å². The number of anilines is 1. The third kappa shape index (κ3) is 4.31. The first-order chi connectivity index (χ1) is 18.7. The lowest BCUT2D eigenvalue weighted by Gasteiger charge is -2.59. The van der Waals surface area contributed by atoms with Gasteiger partial charge in [0.2, 0.25) is 0 Å². The van der Waals surface area contributed by atoms with Gasteiger partial charge in [-0.05, 0) is 63.4 Å². The fraction of sp³-hybridized carbons (Fsp3) is 0.452. The van der Waals surface area contributed by atoms with Gasteiger partial charge in [-0.25, -0.2) is 9.78 Å².